The zero-order valence-corrected chi connectivity index (χ0v) is 14.8. The summed E-state index contributed by atoms with van der Waals surface area (Å²) < 4.78 is 0.545. The number of hydrogen-bond donors (Lipinski definition) is 2. The molecule has 1 heterocycles. The van der Waals surface area contributed by atoms with Gasteiger partial charge in [0.1, 0.15) is 5.75 Å². The van der Waals surface area contributed by atoms with Crippen molar-refractivity contribution in [3.63, 3.8) is 0 Å². The molecule has 7 heteroatoms. The third-order valence-corrected chi connectivity index (χ3v) is 4.53. The molecular weight excluding hydrogens is 386 g/mol. The summed E-state index contributed by atoms with van der Waals surface area (Å²) in [6.45, 7) is 7.68. The number of piperazine rings is 1. The minimum atomic E-state index is 0. The summed E-state index contributed by atoms with van der Waals surface area (Å²) in [6, 6.07) is 3.66. The molecule has 0 radical (unpaired) electrons. The van der Waals surface area contributed by atoms with Gasteiger partial charge in [-0.3, -0.25) is 4.90 Å². The van der Waals surface area contributed by atoms with E-state index in [0.717, 1.165) is 31.7 Å². The van der Waals surface area contributed by atoms with Gasteiger partial charge in [0.2, 0.25) is 0 Å². The lowest BCUT2D eigenvalue weighted by Crippen LogP contribution is -2.44. The molecule has 3 nitrogen and oxygen atoms in total. The van der Waals surface area contributed by atoms with Gasteiger partial charge in [-0.15, -0.1) is 31.4 Å². The molecule has 1 aromatic rings. The van der Waals surface area contributed by atoms with E-state index >= 15 is 0 Å². The summed E-state index contributed by atoms with van der Waals surface area (Å²) in [6.07, 6.45) is 1.86. The predicted molar refractivity (Wildman–Crippen MR) is 92.7 cm³/mol. The Kier molecular flexibility index (Phi) is 9.14. The summed E-state index contributed by atoms with van der Waals surface area (Å²) in [7, 11) is 0. The zero-order valence-electron chi connectivity index (χ0n) is 10.8. The van der Waals surface area contributed by atoms with Crippen molar-refractivity contribution in [3.05, 3.63) is 39.8 Å². The molecule has 2 rings (SSSR count). The number of rotatable bonds is 3. The molecule has 0 spiro atoms. The summed E-state index contributed by atoms with van der Waals surface area (Å²) in [4.78, 5) is 2.29. The molecule has 20 heavy (non-hydrogen) atoms. The van der Waals surface area contributed by atoms with Gasteiger partial charge in [-0.2, -0.15) is 0 Å². The second-order valence-electron chi connectivity index (χ2n) is 4.27. The third-order valence-electron chi connectivity index (χ3n) is 3.19. The molecule has 1 atom stereocenters. The van der Waals surface area contributed by atoms with Crippen molar-refractivity contribution in [2.75, 3.05) is 26.2 Å². The zero-order chi connectivity index (χ0) is 13.1. The maximum atomic E-state index is 10.2. The van der Waals surface area contributed by atoms with Crippen molar-refractivity contribution in [2.45, 2.75) is 6.04 Å². The highest BCUT2D eigenvalue weighted by Gasteiger charge is 2.23. The first-order valence-electron chi connectivity index (χ1n) is 5.89. The van der Waals surface area contributed by atoms with E-state index in [1.54, 1.807) is 6.07 Å². The number of phenols is 1. The first-order chi connectivity index (χ1) is 8.65. The van der Waals surface area contributed by atoms with E-state index in [1.165, 1.54) is 0 Å². The molecule has 0 bridgehead atoms. The minimum Gasteiger partial charge on any atom is -0.506 e. The predicted octanol–water partition coefficient (Wildman–Crippen LogP) is 3.78. The van der Waals surface area contributed by atoms with Crippen molar-refractivity contribution < 1.29 is 5.11 Å². The van der Waals surface area contributed by atoms with Crippen LogP contribution in [0.25, 0.3) is 0 Å². The first-order valence-corrected chi connectivity index (χ1v) is 7.06. The van der Waals surface area contributed by atoms with E-state index in [-0.39, 0.29) is 36.6 Å². The van der Waals surface area contributed by atoms with Gasteiger partial charge in [-0.05, 0) is 22.0 Å². The molecule has 1 aliphatic heterocycles. The fraction of sp³-hybridized carbons (Fsp3) is 0.385. The van der Waals surface area contributed by atoms with Crippen LogP contribution in [0.2, 0.25) is 5.02 Å². The highest BCUT2D eigenvalue weighted by molar-refractivity contribution is 9.10. The van der Waals surface area contributed by atoms with Crippen LogP contribution in [0.15, 0.2) is 29.3 Å². The normalized spacial score (nSPS) is 16.7. The van der Waals surface area contributed by atoms with Crippen LogP contribution in [0.1, 0.15) is 11.6 Å². The number of aromatic hydroxyl groups is 1. The molecule has 2 N–H and O–H groups in total. The Morgan fingerprint density at radius 3 is 2.50 bits per heavy atom. The van der Waals surface area contributed by atoms with E-state index in [2.05, 4.69) is 32.7 Å². The van der Waals surface area contributed by atoms with E-state index in [1.807, 2.05) is 12.1 Å². The Morgan fingerprint density at radius 1 is 1.35 bits per heavy atom. The molecule has 0 aliphatic carbocycles. The van der Waals surface area contributed by atoms with Gasteiger partial charge in [0.05, 0.1) is 15.5 Å². The monoisotopic (exact) mass is 402 g/mol. The quantitative estimate of drug-likeness (QED) is 0.753. The van der Waals surface area contributed by atoms with Crippen LogP contribution >= 0.6 is 52.3 Å². The van der Waals surface area contributed by atoms with Crippen LogP contribution in [-0.4, -0.2) is 36.2 Å². The lowest BCUT2D eigenvalue weighted by atomic mass is 10.0. The maximum Gasteiger partial charge on any atom is 0.136 e. The van der Waals surface area contributed by atoms with Gasteiger partial charge in [-0.1, -0.05) is 23.7 Å². The van der Waals surface area contributed by atoms with Crippen LogP contribution in [-0.2, 0) is 0 Å². The van der Waals surface area contributed by atoms with Crippen LogP contribution in [0, 0.1) is 0 Å². The number of hydrogen-bond acceptors (Lipinski definition) is 3. The summed E-state index contributed by atoms with van der Waals surface area (Å²) in [5, 5.41) is 14.0. The van der Waals surface area contributed by atoms with Crippen LogP contribution in [0.3, 0.4) is 0 Å². The number of halogens is 4. The first kappa shape index (κ1) is 20.0. The van der Waals surface area contributed by atoms with E-state index < -0.39 is 0 Å². The molecule has 0 unspecified atom stereocenters. The van der Waals surface area contributed by atoms with E-state index in [4.69, 9.17) is 11.6 Å². The Morgan fingerprint density at radius 2 is 1.95 bits per heavy atom. The Labute approximate surface area is 145 Å². The number of nitrogens with zero attached hydrogens (tertiary/aromatic N) is 1. The molecule has 114 valence electrons. The van der Waals surface area contributed by atoms with Crippen LogP contribution < -0.4 is 5.32 Å². The van der Waals surface area contributed by atoms with Crippen molar-refractivity contribution in [3.8, 4) is 5.75 Å². The topological polar surface area (TPSA) is 35.5 Å². The second kappa shape index (κ2) is 9.13. The minimum absolute atomic E-state index is 0. The van der Waals surface area contributed by atoms with Gasteiger partial charge in [-0.25, -0.2) is 0 Å². The Bertz CT molecular complexity index is 453. The number of nitrogens with one attached hydrogen (secondary N) is 1. The highest BCUT2D eigenvalue weighted by atomic mass is 79.9. The average molecular weight is 405 g/mol. The smallest absolute Gasteiger partial charge is 0.136 e. The molecular formula is C13H18BrCl3N2O. The van der Waals surface area contributed by atoms with Gasteiger partial charge in [0, 0.05) is 31.7 Å². The average Bonchev–Trinajstić information content (AvgIpc) is 2.41. The second-order valence-corrected chi connectivity index (χ2v) is 5.47. The fourth-order valence-corrected chi connectivity index (χ4v) is 2.74. The van der Waals surface area contributed by atoms with Crippen LogP contribution in [0.5, 0.6) is 5.75 Å². The number of phenolic OH excluding ortho intramolecular Hbond substituents is 1. The van der Waals surface area contributed by atoms with E-state index in [9.17, 15) is 5.11 Å². The largest absolute Gasteiger partial charge is 0.506 e. The lowest BCUT2D eigenvalue weighted by Gasteiger charge is -2.33. The molecule has 1 fully saturated rings. The molecule has 0 aromatic heterocycles. The van der Waals surface area contributed by atoms with Crippen molar-refractivity contribution in [2.24, 2.45) is 0 Å². The summed E-state index contributed by atoms with van der Waals surface area (Å²) >= 11 is 9.27. The molecule has 1 aliphatic rings. The fourth-order valence-electron chi connectivity index (χ4n) is 2.23. The molecule has 0 saturated carbocycles. The summed E-state index contributed by atoms with van der Waals surface area (Å²) in [5.74, 6) is 0.200. The van der Waals surface area contributed by atoms with Crippen molar-refractivity contribution in [1.82, 2.24) is 10.2 Å². The van der Waals surface area contributed by atoms with Gasteiger partial charge in [0.15, 0.2) is 0 Å². The molecule has 1 aromatic carbocycles. The third kappa shape index (κ3) is 4.26. The van der Waals surface area contributed by atoms with Gasteiger partial charge < -0.3 is 10.4 Å². The summed E-state index contributed by atoms with van der Waals surface area (Å²) in [5.41, 5.74) is 0.836. The lowest BCUT2D eigenvalue weighted by molar-refractivity contribution is 0.201. The Balaban J connectivity index is 0.00000180. The van der Waals surface area contributed by atoms with Gasteiger partial charge >= 0.3 is 0 Å². The number of benzene rings is 1. The van der Waals surface area contributed by atoms with Crippen molar-refractivity contribution >= 4 is 52.3 Å². The van der Waals surface area contributed by atoms with Crippen molar-refractivity contribution in [1.29, 1.82) is 0 Å². The maximum absolute atomic E-state index is 10.2. The standard InChI is InChI=1S/C13H16BrClN2O.2ClH/c1-2-11(17-7-5-16-6-8-17)9-3-4-10(15)12(14)13(9)18;;/h2-4,11,16,18H,1,5-8H2;2*1H/t11-;;/m0../s1. The molecule has 0 amide bonds. The van der Waals surface area contributed by atoms with Gasteiger partial charge in [0.25, 0.3) is 0 Å². The highest BCUT2D eigenvalue weighted by Crippen LogP contribution is 2.39. The molecule has 1 saturated heterocycles. The Hall–Kier alpha value is 0.0300. The van der Waals surface area contributed by atoms with E-state index in [0.29, 0.717) is 9.50 Å². The van der Waals surface area contributed by atoms with Crippen LogP contribution in [0.4, 0.5) is 0 Å². The SMILES string of the molecule is C=C[C@@H](c1ccc(Cl)c(Br)c1O)N1CCNCC1.Cl.Cl.